The van der Waals surface area contributed by atoms with Crippen LogP contribution in [-0.2, 0) is 22.7 Å². The number of amides is 1. The van der Waals surface area contributed by atoms with Crippen molar-refractivity contribution in [2.24, 2.45) is 5.73 Å². The predicted molar refractivity (Wildman–Crippen MR) is 126 cm³/mol. The summed E-state index contributed by atoms with van der Waals surface area (Å²) in [6, 6.07) is 15.2. The van der Waals surface area contributed by atoms with Crippen LogP contribution >= 0.6 is 0 Å². The molecule has 178 valence electrons. The zero-order chi connectivity index (χ0) is 24.5. The number of aliphatic carboxylic acids is 1. The maximum atomic E-state index is 11.3. The smallest absolute Gasteiger partial charge is 0.321 e. The average molecular weight is 465 g/mol. The van der Waals surface area contributed by atoms with Crippen LogP contribution in [-0.4, -0.2) is 39.6 Å². The average Bonchev–Trinajstić information content (AvgIpc) is 2.82. The Balaban J connectivity index is 1.72. The summed E-state index contributed by atoms with van der Waals surface area (Å²) in [7, 11) is 0. The third kappa shape index (κ3) is 6.52. The molecule has 1 aromatic heterocycles. The van der Waals surface area contributed by atoms with Gasteiger partial charge in [0.2, 0.25) is 11.8 Å². The molecule has 0 saturated carbocycles. The molecule has 1 atom stereocenters. The molecular formula is C25H28N4O5. The van der Waals surface area contributed by atoms with E-state index in [2.05, 4.69) is 33.5 Å². The lowest BCUT2D eigenvalue weighted by Gasteiger charge is -2.15. The Kier molecular flexibility index (Phi) is 8.53. The van der Waals surface area contributed by atoms with Crippen LogP contribution in [0.1, 0.15) is 30.0 Å². The molecule has 0 spiro atoms. The molecule has 2 aromatic carbocycles. The first kappa shape index (κ1) is 24.7. The molecule has 3 aromatic rings. The van der Waals surface area contributed by atoms with Crippen LogP contribution < -0.4 is 20.5 Å². The zero-order valence-electron chi connectivity index (χ0n) is 19.2. The third-order valence-corrected chi connectivity index (χ3v) is 5.21. The molecule has 1 amide bonds. The van der Waals surface area contributed by atoms with Gasteiger partial charge < -0.3 is 20.3 Å². The van der Waals surface area contributed by atoms with Gasteiger partial charge in [-0.2, -0.15) is 4.98 Å². The lowest BCUT2D eigenvalue weighted by atomic mass is 9.97. The Labute approximate surface area is 198 Å². The number of hydrogen-bond donors (Lipinski definition) is 3. The molecule has 9 nitrogen and oxygen atoms in total. The Morgan fingerprint density at radius 3 is 2.53 bits per heavy atom. The standard InChI is InChI=1S/C25H28N4O5/c1-3-33-23-19(13-27-21(24(31)32)12-22(26)30)14-28-25(29-23)34-15-18-10-7-11-20(16(18)2)17-8-5-4-6-9-17/h4-11,14,21,27H,3,12-13,15H2,1-2H3,(H2,26,30)(H,31,32). The molecule has 0 bridgehead atoms. The van der Waals surface area contributed by atoms with Gasteiger partial charge in [-0.05, 0) is 36.1 Å². The van der Waals surface area contributed by atoms with Gasteiger partial charge in [0.05, 0.1) is 13.0 Å². The molecule has 3 rings (SSSR count). The number of ether oxygens (including phenoxy) is 2. The fourth-order valence-corrected chi connectivity index (χ4v) is 3.42. The van der Waals surface area contributed by atoms with E-state index < -0.39 is 17.9 Å². The zero-order valence-corrected chi connectivity index (χ0v) is 19.2. The van der Waals surface area contributed by atoms with Gasteiger partial charge in [0.1, 0.15) is 12.6 Å². The minimum absolute atomic E-state index is 0.0814. The highest BCUT2D eigenvalue weighted by Gasteiger charge is 2.20. The fourth-order valence-electron chi connectivity index (χ4n) is 3.42. The summed E-state index contributed by atoms with van der Waals surface area (Å²) >= 11 is 0. The van der Waals surface area contributed by atoms with Crippen LogP contribution in [0, 0.1) is 6.92 Å². The van der Waals surface area contributed by atoms with Crippen molar-refractivity contribution in [2.75, 3.05) is 6.61 Å². The SMILES string of the molecule is CCOc1nc(OCc2cccc(-c3ccccc3)c2C)ncc1CNC(CC(N)=O)C(=O)O. The number of rotatable bonds is 12. The van der Waals surface area contributed by atoms with Gasteiger partial charge in [0.15, 0.2) is 0 Å². The van der Waals surface area contributed by atoms with E-state index in [1.165, 1.54) is 6.20 Å². The van der Waals surface area contributed by atoms with Crippen LogP contribution in [0.2, 0.25) is 0 Å². The summed E-state index contributed by atoms with van der Waals surface area (Å²) < 4.78 is 11.4. The normalized spacial score (nSPS) is 11.6. The number of nitrogens with two attached hydrogens (primary N) is 1. The Bertz CT molecular complexity index is 1140. The van der Waals surface area contributed by atoms with E-state index in [1.54, 1.807) is 0 Å². The summed E-state index contributed by atoms with van der Waals surface area (Å²) in [4.78, 5) is 31.0. The molecule has 1 heterocycles. The van der Waals surface area contributed by atoms with Gasteiger partial charge in [-0.3, -0.25) is 14.9 Å². The minimum atomic E-state index is -1.18. The van der Waals surface area contributed by atoms with Crippen LogP contribution in [0.25, 0.3) is 11.1 Å². The van der Waals surface area contributed by atoms with Gasteiger partial charge in [-0.25, -0.2) is 4.98 Å². The number of aromatic nitrogens is 2. The van der Waals surface area contributed by atoms with Crippen LogP contribution in [0.5, 0.6) is 11.9 Å². The van der Waals surface area contributed by atoms with Crippen LogP contribution in [0.3, 0.4) is 0 Å². The molecule has 0 radical (unpaired) electrons. The lowest BCUT2D eigenvalue weighted by molar-refractivity contribution is -0.141. The van der Waals surface area contributed by atoms with E-state index in [-0.39, 0.29) is 31.5 Å². The van der Waals surface area contributed by atoms with Crippen molar-refractivity contribution in [3.63, 3.8) is 0 Å². The van der Waals surface area contributed by atoms with Gasteiger partial charge in [-0.15, -0.1) is 0 Å². The summed E-state index contributed by atoms with van der Waals surface area (Å²) in [6.07, 6.45) is 1.18. The topological polar surface area (TPSA) is 137 Å². The molecule has 0 aliphatic rings. The molecule has 0 fully saturated rings. The first-order chi connectivity index (χ1) is 16.4. The summed E-state index contributed by atoms with van der Waals surface area (Å²) in [5.41, 5.74) is 10.0. The first-order valence-electron chi connectivity index (χ1n) is 10.9. The van der Waals surface area contributed by atoms with Gasteiger partial charge >= 0.3 is 12.0 Å². The molecule has 1 unspecified atom stereocenters. The van der Waals surface area contributed by atoms with Crippen molar-refractivity contribution in [1.29, 1.82) is 0 Å². The monoisotopic (exact) mass is 464 g/mol. The molecule has 0 saturated heterocycles. The second kappa shape index (κ2) is 11.8. The van der Waals surface area contributed by atoms with E-state index in [0.29, 0.717) is 12.2 Å². The Hall–Kier alpha value is -3.98. The highest BCUT2D eigenvalue weighted by Crippen LogP contribution is 2.26. The number of carboxylic acids is 1. The molecule has 0 aliphatic heterocycles. The largest absolute Gasteiger partial charge is 0.480 e. The Morgan fingerprint density at radius 2 is 1.85 bits per heavy atom. The van der Waals surface area contributed by atoms with Gasteiger partial charge in [0, 0.05) is 18.3 Å². The molecular weight excluding hydrogens is 436 g/mol. The minimum Gasteiger partial charge on any atom is -0.480 e. The third-order valence-electron chi connectivity index (χ3n) is 5.21. The number of primary amides is 1. The molecule has 4 N–H and O–H groups in total. The lowest BCUT2D eigenvalue weighted by Crippen LogP contribution is -2.39. The number of hydrogen-bond acceptors (Lipinski definition) is 7. The number of carbonyl (C=O) groups excluding carboxylic acids is 1. The number of carboxylic acid groups (broad SMARTS) is 1. The number of nitrogens with zero attached hydrogens (tertiary/aromatic N) is 2. The summed E-state index contributed by atoms with van der Waals surface area (Å²) in [5.74, 6) is -1.61. The first-order valence-corrected chi connectivity index (χ1v) is 10.9. The van der Waals surface area contributed by atoms with Crippen molar-refractivity contribution in [1.82, 2.24) is 15.3 Å². The van der Waals surface area contributed by atoms with E-state index >= 15 is 0 Å². The van der Waals surface area contributed by atoms with Crippen LogP contribution in [0.4, 0.5) is 0 Å². The number of benzene rings is 2. The number of nitrogens with one attached hydrogen (secondary N) is 1. The fraction of sp³-hybridized carbons (Fsp3) is 0.280. The maximum absolute atomic E-state index is 11.3. The number of carbonyl (C=O) groups is 2. The molecule has 9 heteroatoms. The Morgan fingerprint density at radius 1 is 1.09 bits per heavy atom. The highest BCUT2D eigenvalue weighted by atomic mass is 16.5. The van der Waals surface area contributed by atoms with E-state index in [1.807, 2.05) is 44.2 Å². The van der Waals surface area contributed by atoms with Crippen molar-refractivity contribution in [3.8, 4) is 23.0 Å². The maximum Gasteiger partial charge on any atom is 0.321 e. The van der Waals surface area contributed by atoms with Gasteiger partial charge in [-0.1, -0.05) is 48.5 Å². The van der Waals surface area contributed by atoms with E-state index in [4.69, 9.17) is 15.2 Å². The van der Waals surface area contributed by atoms with Crippen LogP contribution in [0.15, 0.2) is 54.7 Å². The molecule has 0 aliphatic carbocycles. The summed E-state index contributed by atoms with van der Waals surface area (Å²) in [6.45, 7) is 4.57. The van der Waals surface area contributed by atoms with Crippen molar-refractivity contribution in [2.45, 2.75) is 39.5 Å². The highest BCUT2D eigenvalue weighted by molar-refractivity contribution is 5.83. The molecule has 34 heavy (non-hydrogen) atoms. The summed E-state index contributed by atoms with van der Waals surface area (Å²) in [5, 5.41) is 12.0. The second-order valence-electron chi connectivity index (χ2n) is 7.60. The van der Waals surface area contributed by atoms with E-state index in [0.717, 1.165) is 22.3 Å². The quantitative estimate of drug-likeness (QED) is 0.372. The van der Waals surface area contributed by atoms with Crippen molar-refractivity contribution < 1.29 is 24.2 Å². The van der Waals surface area contributed by atoms with E-state index in [9.17, 15) is 14.7 Å². The van der Waals surface area contributed by atoms with Crippen molar-refractivity contribution >= 4 is 11.9 Å². The second-order valence-corrected chi connectivity index (χ2v) is 7.60. The predicted octanol–water partition coefficient (Wildman–Crippen LogP) is 2.85. The van der Waals surface area contributed by atoms with Gasteiger partial charge in [0.25, 0.3) is 0 Å². The van der Waals surface area contributed by atoms with Crippen molar-refractivity contribution in [3.05, 3.63) is 71.4 Å².